The smallest absolute Gasteiger partial charge is 0.260 e. The lowest BCUT2D eigenvalue weighted by molar-refractivity contribution is 0.166. The lowest BCUT2D eigenvalue weighted by Crippen LogP contribution is -2.31. The molecule has 4 atom stereocenters. The summed E-state index contributed by atoms with van der Waals surface area (Å²) in [6, 6.07) is 11.4. The number of ether oxygens (including phenoxy) is 1. The lowest BCUT2D eigenvalue weighted by Gasteiger charge is -2.18. The first kappa shape index (κ1) is 18.5. The third kappa shape index (κ3) is 3.75. The summed E-state index contributed by atoms with van der Waals surface area (Å²) in [4.78, 5) is 0. The maximum atomic E-state index is 6.30. The molecule has 1 saturated heterocycles. The standard InChI is InChI=1S/C19H23N3OS2.ClH/c1-2-4-12(5-3-1)15(13-6-7-13)11-24-19-18(21-25-22-19)23-17-14-8-9-16(17)20-10-14;/h1-5,13-17,20H,6-11H2;1H. The predicted octanol–water partition coefficient (Wildman–Crippen LogP) is 4.38. The van der Waals surface area contributed by atoms with E-state index in [1.54, 1.807) is 0 Å². The molecule has 4 nitrogen and oxygen atoms in total. The van der Waals surface area contributed by atoms with Crippen molar-refractivity contribution in [1.82, 2.24) is 14.1 Å². The Morgan fingerprint density at radius 3 is 2.65 bits per heavy atom. The first-order chi connectivity index (χ1) is 12.4. The molecule has 3 fully saturated rings. The maximum Gasteiger partial charge on any atom is 0.260 e. The van der Waals surface area contributed by atoms with Gasteiger partial charge in [-0.2, -0.15) is 4.37 Å². The van der Waals surface area contributed by atoms with Gasteiger partial charge in [-0.3, -0.25) is 0 Å². The molecule has 1 aromatic heterocycles. The van der Waals surface area contributed by atoms with Gasteiger partial charge in [0.15, 0.2) is 5.03 Å². The third-order valence-electron chi connectivity index (χ3n) is 5.85. The van der Waals surface area contributed by atoms with Crippen LogP contribution in [0.5, 0.6) is 5.88 Å². The van der Waals surface area contributed by atoms with E-state index in [4.69, 9.17) is 4.74 Å². The van der Waals surface area contributed by atoms with Crippen molar-refractivity contribution in [3.8, 4) is 5.88 Å². The van der Waals surface area contributed by atoms with Crippen molar-refractivity contribution in [3.05, 3.63) is 35.9 Å². The van der Waals surface area contributed by atoms with Gasteiger partial charge in [-0.1, -0.05) is 42.1 Å². The molecule has 1 aromatic carbocycles. The highest BCUT2D eigenvalue weighted by atomic mass is 35.5. The number of hydrogen-bond acceptors (Lipinski definition) is 6. The molecular formula is C19H24ClN3OS2. The normalized spacial score (nSPS) is 27.9. The Labute approximate surface area is 169 Å². The maximum absolute atomic E-state index is 6.30. The fourth-order valence-corrected chi connectivity index (χ4v) is 6.09. The molecule has 140 valence electrons. The summed E-state index contributed by atoms with van der Waals surface area (Å²) in [6.45, 7) is 1.09. The van der Waals surface area contributed by atoms with Gasteiger partial charge in [-0.25, -0.2) is 0 Å². The average Bonchev–Trinajstić information content (AvgIpc) is 3.13. The van der Waals surface area contributed by atoms with Crippen LogP contribution in [0.2, 0.25) is 0 Å². The van der Waals surface area contributed by atoms with Gasteiger partial charge in [0.05, 0.1) is 11.7 Å². The zero-order valence-electron chi connectivity index (χ0n) is 14.5. The molecule has 1 N–H and O–H groups in total. The summed E-state index contributed by atoms with van der Waals surface area (Å²) in [5, 5.41) is 4.54. The van der Waals surface area contributed by atoms with Crippen molar-refractivity contribution in [2.75, 3.05) is 12.3 Å². The molecule has 2 bridgehead atoms. The van der Waals surface area contributed by atoms with Crippen LogP contribution in [-0.4, -0.2) is 33.2 Å². The van der Waals surface area contributed by atoms with Gasteiger partial charge in [0.1, 0.15) is 6.10 Å². The minimum atomic E-state index is 0. The van der Waals surface area contributed by atoms with Crippen molar-refractivity contribution in [2.24, 2.45) is 11.8 Å². The molecule has 0 radical (unpaired) electrons. The molecule has 5 rings (SSSR count). The van der Waals surface area contributed by atoms with Gasteiger partial charge in [0.2, 0.25) is 0 Å². The number of rotatable bonds is 7. The first-order valence-electron chi connectivity index (χ1n) is 9.29. The molecule has 4 unspecified atom stereocenters. The summed E-state index contributed by atoms with van der Waals surface area (Å²) >= 11 is 3.10. The van der Waals surface area contributed by atoms with Crippen LogP contribution in [0.25, 0.3) is 0 Å². The van der Waals surface area contributed by atoms with E-state index in [0.29, 0.717) is 17.9 Å². The predicted molar refractivity (Wildman–Crippen MR) is 109 cm³/mol. The van der Waals surface area contributed by atoms with Crippen LogP contribution in [0, 0.1) is 11.8 Å². The average molecular weight is 410 g/mol. The molecule has 2 saturated carbocycles. The molecule has 1 aliphatic heterocycles. The van der Waals surface area contributed by atoms with Crippen LogP contribution in [0.15, 0.2) is 35.4 Å². The lowest BCUT2D eigenvalue weighted by atomic mass is 9.96. The van der Waals surface area contributed by atoms with Crippen molar-refractivity contribution in [2.45, 2.75) is 48.8 Å². The first-order valence-corrected chi connectivity index (χ1v) is 11.0. The zero-order chi connectivity index (χ0) is 16.6. The van der Waals surface area contributed by atoms with E-state index in [0.717, 1.165) is 29.1 Å². The van der Waals surface area contributed by atoms with Crippen molar-refractivity contribution < 1.29 is 4.74 Å². The zero-order valence-corrected chi connectivity index (χ0v) is 17.0. The van der Waals surface area contributed by atoms with Gasteiger partial charge in [0, 0.05) is 24.3 Å². The Kier molecular flexibility index (Phi) is 5.74. The Bertz CT molecular complexity index is 705. The number of halogens is 1. The second kappa shape index (κ2) is 8.05. The highest BCUT2D eigenvalue weighted by Crippen LogP contribution is 2.46. The number of nitrogens with zero attached hydrogens (tertiary/aromatic N) is 2. The van der Waals surface area contributed by atoms with Gasteiger partial charge in [0.25, 0.3) is 5.88 Å². The van der Waals surface area contributed by atoms with Crippen LogP contribution in [0.4, 0.5) is 0 Å². The fraction of sp³-hybridized carbons (Fsp3) is 0.579. The summed E-state index contributed by atoms with van der Waals surface area (Å²) < 4.78 is 15.3. The number of piperidine rings is 1. The van der Waals surface area contributed by atoms with Crippen molar-refractivity contribution in [1.29, 1.82) is 0 Å². The summed E-state index contributed by atoms with van der Waals surface area (Å²) in [7, 11) is 0. The second-order valence-electron chi connectivity index (χ2n) is 7.47. The number of fused-ring (bicyclic) bond motifs is 2. The van der Waals surface area contributed by atoms with E-state index in [1.165, 1.54) is 43.0 Å². The summed E-state index contributed by atoms with van der Waals surface area (Å²) in [6.07, 6.45) is 5.51. The molecule has 0 spiro atoms. The molecule has 2 heterocycles. The van der Waals surface area contributed by atoms with Crippen molar-refractivity contribution >= 4 is 35.9 Å². The van der Waals surface area contributed by atoms with E-state index in [1.807, 2.05) is 11.8 Å². The minimum absolute atomic E-state index is 0. The van der Waals surface area contributed by atoms with Gasteiger partial charge >= 0.3 is 0 Å². The van der Waals surface area contributed by atoms with Gasteiger partial charge in [-0.15, -0.1) is 16.8 Å². The number of thioether (sulfide) groups is 1. The van der Waals surface area contributed by atoms with Crippen LogP contribution >= 0.6 is 35.9 Å². The van der Waals surface area contributed by atoms with E-state index >= 15 is 0 Å². The van der Waals surface area contributed by atoms with Crippen LogP contribution in [-0.2, 0) is 0 Å². The quantitative estimate of drug-likeness (QED) is 0.688. The molecule has 2 aliphatic carbocycles. The van der Waals surface area contributed by atoms with Gasteiger partial charge in [-0.05, 0) is 43.1 Å². The Hall–Kier alpha value is -0.820. The number of nitrogens with one attached hydrogen (secondary N) is 1. The highest BCUT2D eigenvalue weighted by molar-refractivity contribution is 7.99. The SMILES string of the molecule is Cl.c1ccc(C(CSc2nsnc2OC2C3CCC2NC3)C2CC2)cc1. The summed E-state index contributed by atoms with van der Waals surface area (Å²) in [5.41, 5.74) is 1.46. The van der Waals surface area contributed by atoms with E-state index in [-0.39, 0.29) is 18.5 Å². The Balaban J connectivity index is 0.00000168. The number of aromatic nitrogens is 2. The van der Waals surface area contributed by atoms with E-state index in [2.05, 4.69) is 44.4 Å². The minimum Gasteiger partial charge on any atom is -0.470 e. The monoisotopic (exact) mass is 409 g/mol. The van der Waals surface area contributed by atoms with Crippen LogP contribution < -0.4 is 10.1 Å². The molecule has 3 aliphatic rings. The van der Waals surface area contributed by atoms with E-state index in [9.17, 15) is 0 Å². The van der Waals surface area contributed by atoms with Crippen molar-refractivity contribution in [3.63, 3.8) is 0 Å². The second-order valence-corrected chi connectivity index (χ2v) is 9.01. The molecule has 0 amide bonds. The molecular weight excluding hydrogens is 386 g/mol. The van der Waals surface area contributed by atoms with E-state index < -0.39 is 0 Å². The molecule has 26 heavy (non-hydrogen) atoms. The van der Waals surface area contributed by atoms with Crippen LogP contribution in [0.3, 0.4) is 0 Å². The fourth-order valence-electron chi connectivity index (χ4n) is 4.30. The molecule has 7 heteroatoms. The Morgan fingerprint density at radius 1 is 1.15 bits per heavy atom. The topological polar surface area (TPSA) is 47.0 Å². The Morgan fingerprint density at radius 2 is 2.00 bits per heavy atom. The van der Waals surface area contributed by atoms with Crippen LogP contribution in [0.1, 0.15) is 37.2 Å². The summed E-state index contributed by atoms with van der Waals surface area (Å²) in [5.74, 6) is 3.92. The molecule has 2 aromatic rings. The highest BCUT2D eigenvalue weighted by Gasteiger charge is 2.44. The largest absolute Gasteiger partial charge is 0.470 e. The number of hydrogen-bond donors (Lipinski definition) is 1. The number of benzene rings is 1. The third-order valence-corrected chi connectivity index (χ3v) is 7.54. The van der Waals surface area contributed by atoms with Gasteiger partial charge < -0.3 is 10.1 Å².